The minimum atomic E-state index is -0.0479. The molecule has 0 saturated carbocycles. The molecule has 23 heavy (non-hydrogen) atoms. The largest absolute Gasteiger partial charge is 0.496 e. The second-order valence-corrected chi connectivity index (χ2v) is 6.79. The summed E-state index contributed by atoms with van der Waals surface area (Å²) < 4.78 is 5.28. The number of piperidine rings is 1. The molecule has 1 amide bonds. The number of ether oxygens (including phenoxy) is 1. The molecule has 0 bridgehead atoms. The average Bonchev–Trinajstić information content (AvgIpc) is 2.58. The van der Waals surface area contributed by atoms with Crippen LogP contribution in [0.15, 0.2) is 24.3 Å². The summed E-state index contributed by atoms with van der Waals surface area (Å²) in [5.41, 5.74) is 0.608. The highest BCUT2D eigenvalue weighted by Gasteiger charge is 2.22. The van der Waals surface area contributed by atoms with Gasteiger partial charge in [0.2, 0.25) is 0 Å². The molecule has 1 aromatic carbocycles. The van der Waals surface area contributed by atoms with Gasteiger partial charge in [-0.05, 0) is 50.4 Å². The maximum absolute atomic E-state index is 12.5. The highest BCUT2D eigenvalue weighted by atomic mass is 16.5. The van der Waals surface area contributed by atoms with Crippen molar-refractivity contribution in [1.29, 1.82) is 0 Å². The smallest absolute Gasteiger partial charge is 0.255 e. The topological polar surface area (TPSA) is 41.6 Å². The van der Waals surface area contributed by atoms with E-state index in [4.69, 9.17) is 4.74 Å². The Bertz CT molecular complexity index is 496. The van der Waals surface area contributed by atoms with E-state index in [0.717, 1.165) is 19.5 Å². The molecule has 1 N–H and O–H groups in total. The first kappa shape index (κ1) is 17.8. The van der Waals surface area contributed by atoms with Crippen molar-refractivity contribution in [3.63, 3.8) is 0 Å². The van der Waals surface area contributed by atoms with E-state index in [1.165, 1.54) is 19.3 Å². The molecule has 0 spiro atoms. The minimum Gasteiger partial charge on any atom is -0.496 e. The first-order chi connectivity index (χ1) is 11.1. The highest BCUT2D eigenvalue weighted by molar-refractivity contribution is 5.96. The lowest BCUT2D eigenvalue weighted by atomic mass is 9.99. The molecule has 1 atom stereocenters. The van der Waals surface area contributed by atoms with E-state index in [9.17, 15) is 4.79 Å². The maximum Gasteiger partial charge on any atom is 0.255 e. The normalized spacial score (nSPS) is 17.0. The molecule has 4 heteroatoms. The van der Waals surface area contributed by atoms with Gasteiger partial charge in [0, 0.05) is 12.6 Å². The number of carbonyl (C=O) groups is 1. The van der Waals surface area contributed by atoms with E-state index < -0.39 is 0 Å². The monoisotopic (exact) mass is 318 g/mol. The van der Waals surface area contributed by atoms with Crippen LogP contribution in [0.1, 0.15) is 49.9 Å². The van der Waals surface area contributed by atoms with Gasteiger partial charge in [-0.15, -0.1) is 0 Å². The van der Waals surface area contributed by atoms with Gasteiger partial charge in [-0.2, -0.15) is 0 Å². The Kier molecular flexibility index (Phi) is 6.90. The number of rotatable bonds is 7. The number of hydrogen-bond donors (Lipinski definition) is 1. The molecular weight excluding hydrogens is 288 g/mol. The summed E-state index contributed by atoms with van der Waals surface area (Å²) in [6.45, 7) is 7.51. The molecule has 1 fully saturated rings. The van der Waals surface area contributed by atoms with Gasteiger partial charge >= 0.3 is 0 Å². The molecule has 4 nitrogen and oxygen atoms in total. The summed E-state index contributed by atoms with van der Waals surface area (Å²) >= 11 is 0. The fourth-order valence-corrected chi connectivity index (χ4v) is 3.33. The summed E-state index contributed by atoms with van der Waals surface area (Å²) in [5, 5.41) is 3.12. The predicted molar refractivity (Wildman–Crippen MR) is 94.0 cm³/mol. The van der Waals surface area contributed by atoms with Crippen molar-refractivity contribution < 1.29 is 9.53 Å². The number of likely N-dealkylation sites (tertiary alicyclic amines) is 1. The van der Waals surface area contributed by atoms with Crippen LogP contribution in [0, 0.1) is 5.92 Å². The van der Waals surface area contributed by atoms with Crippen LogP contribution in [-0.2, 0) is 0 Å². The number of nitrogens with zero attached hydrogens (tertiary/aromatic N) is 1. The summed E-state index contributed by atoms with van der Waals surface area (Å²) in [7, 11) is 1.60. The third-order valence-corrected chi connectivity index (χ3v) is 4.50. The third kappa shape index (κ3) is 5.24. The molecular formula is C19H30N2O2. The molecule has 0 aliphatic carbocycles. The molecule has 1 saturated heterocycles. The zero-order chi connectivity index (χ0) is 16.7. The number of hydrogen-bond acceptors (Lipinski definition) is 3. The van der Waals surface area contributed by atoms with Gasteiger partial charge < -0.3 is 10.1 Å². The Labute approximate surface area is 140 Å². The van der Waals surface area contributed by atoms with Crippen LogP contribution in [0.3, 0.4) is 0 Å². The van der Waals surface area contributed by atoms with Crippen LogP contribution in [0.25, 0.3) is 0 Å². The molecule has 128 valence electrons. The van der Waals surface area contributed by atoms with Crippen molar-refractivity contribution in [3.8, 4) is 5.75 Å². The van der Waals surface area contributed by atoms with Crippen LogP contribution in [0.2, 0.25) is 0 Å². The molecule has 0 aromatic heterocycles. The van der Waals surface area contributed by atoms with Gasteiger partial charge in [0.1, 0.15) is 5.75 Å². The maximum atomic E-state index is 12.5. The van der Waals surface area contributed by atoms with Crippen LogP contribution >= 0.6 is 0 Å². The lowest BCUT2D eigenvalue weighted by molar-refractivity contribution is 0.0910. The van der Waals surface area contributed by atoms with Crippen molar-refractivity contribution in [2.75, 3.05) is 26.7 Å². The second kappa shape index (κ2) is 8.92. The number of benzene rings is 1. The van der Waals surface area contributed by atoms with Crippen LogP contribution in [0.4, 0.5) is 0 Å². The Morgan fingerprint density at radius 2 is 1.91 bits per heavy atom. The van der Waals surface area contributed by atoms with Crippen molar-refractivity contribution >= 4 is 5.91 Å². The van der Waals surface area contributed by atoms with Gasteiger partial charge in [0.05, 0.1) is 12.7 Å². The van der Waals surface area contributed by atoms with Crippen molar-refractivity contribution in [3.05, 3.63) is 29.8 Å². The van der Waals surface area contributed by atoms with Gasteiger partial charge in [0.25, 0.3) is 5.91 Å². The molecule has 2 rings (SSSR count). The number of para-hydroxylation sites is 1. The summed E-state index contributed by atoms with van der Waals surface area (Å²) in [4.78, 5) is 15.0. The standard InChI is InChI=1S/C19H30N2O2/c1-15(2)13-16(21-11-7-4-8-12-21)14-20-19(22)17-9-5-6-10-18(17)23-3/h5-6,9-10,15-16H,4,7-8,11-14H2,1-3H3,(H,20,22). The number of nitrogens with one attached hydrogen (secondary N) is 1. The first-order valence-corrected chi connectivity index (χ1v) is 8.77. The van der Waals surface area contributed by atoms with E-state index in [-0.39, 0.29) is 5.91 Å². The number of amides is 1. The van der Waals surface area contributed by atoms with E-state index in [2.05, 4.69) is 24.1 Å². The fraction of sp³-hybridized carbons (Fsp3) is 0.632. The Balaban J connectivity index is 1.97. The second-order valence-electron chi connectivity index (χ2n) is 6.79. The first-order valence-electron chi connectivity index (χ1n) is 8.77. The van der Waals surface area contributed by atoms with Crippen molar-refractivity contribution in [2.45, 2.75) is 45.6 Å². The van der Waals surface area contributed by atoms with Gasteiger partial charge in [0.15, 0.2) is 0 Å². The van der Waals surface area contributed by atoms with E-state index in [1.54, 1.807) is 7.11 Å². The Hall–Kier alpha value is -1.55. The van der Waals surface area contributed by atoms with Crippen LogP contribution in [-0.4, -0.2) is 43.6 Å². The van der Waals surface area contributed by atoms with E-state index in [1.807, 2.05) is 24.3 Å². The highest BCUT2D eigenvalue weighted by Crippen LogP contribution is 2.19. The van der Waals surface area contributed by atoms with Crippen LogP contribution < -0.4 is 10.1 Å². The van der Waals surface area contributed by atoms with Crippen LogP contribution in [0.5, 0.6) is 5.75 Å². The Morgan fingerprint density at radius 1 is 1.22 bits per heavy atom. The average molecular weight is 318 g/mol. The summed E-state index contributed by atoms with van der Waals surface area (Å²) in [6, 6.07) is 7.81. The molecule has 1 heterocycles. The SMILES string of the molecule is COc1ccccc1C(=O)NCC(CC(C)C)N1CCCCC1. The van der Waals surface area contributed by atoms with Gasteiger partial charge in [-0.3, -0.25) is 9.69 Å². The Morgan fingerprint density at radius 3 is 2.57 bits per heavy atom. The summed E-state index contributed by atoms with van der Waals surface area (Å²) in [6.07, 6.45) is 4.99. The predicted octanol–water partition coefficient (Wildman–Crippen LogP) is 3.33. The number of carbonyl (C=O) groups excluding carboxylic acids is 1. The zero-order valence-electron chi connectivity index (χ0n) is 14.7. The molecule has 0 radical (unpaired) electrons. The number of methoxy groups -OCH3 is 1. The fourth-order valence-electron chi connectivity index (χ4n) is 3.33. The van der Waals surface area contributed by atoms with E-state index >= 15 is 0 Å². The molecule has 1 aliphatic rings. The lowest BCUT2D eigenvalue weighted by Gasteiger charge is -2.35. The van der Waals surface area contributed by atoms with E-state index in [0.29, 0.717) is 29.8 Å². The lowest BCUT2D eigenvalue weighted by Crippen LogP contribution is -2.46. The van der Waals surface area contributed by atoms with Gasteiger partial charge in [-0.25, -0.2) is 0 Å². The summed E-state index contributed by atoms with van der Waals surface area (Å²) in [5.74, 6) is 1.21. The molecule has 1 unspecified atom stereocenters. The zero-order valence-corrected chi connectivity index (χ0v) is 14.7. The quantitative estimate of drug-likeness (QED) is 0.838. The third-order valence-electron chi connectivity index (χ3n) is 4.50. The van der Waals surface area contributed by atoms with Gasteiger partial charge in [-0.1, -0.05) is 32.4 Å². The van der Waals surface area contributed by atoms with Crippen molar-refractivity contribution in [2.24, 2.45) is 5.92 Å². The minimum absolute atomic E-state index is 0.0479. The molecule has 1 aliphatic heterocycles. The van der Waals surface area contributed by atoms with Crippen molar-refractivity contribution in [1.82, 2.24) is 10.2 Å². The molecule has 1 aromatic rings.